The number of hydrogen-bond donors (Lipinski definition) is 1. The Morgan fingerprint density at radius 1 is 1.16 bits per heavy atom. The Bertz CT molecular complexity index is 631. The third-order valence-corrected chi connectivity index (χ3v) is 4.16. The van der Waals surface area contributed by atoms with E-state index in [4.69, 9.17) is 11.6 Å². The number of aliphatic hydroxyl groups excluding tert-OH is 1. The van der Waals surface area contributed by atoms with Crippen molar-refractivity contribution in [2.45, 2.75) is 13.0 Å². The molecule has 100 valence electrons. The van der Waals surface area contributed by atoms with Crippen molar-refractivity contribution in [1.82, 2.24) is 0 Å². The first-order valence-electron chi connectivity index (χ1n) is 5.49. The molecule has 0 aliphatic carbocycles. The van der Waals surface area contributed by atoms with E-state index in [9.17, 15) is 13.9 Å². The Balaban J connectivity index is 2.53. The maximum atomic E-state index is 13.8. The Kier molecular flexibility index (Phi) is 4.23. The van der Waals surface area contributed by atoms with E-state index in [1.165, 1.54) is 6.92 Å². The average Bonchev–Trinajstić information content (AvgIpc) is 2.36. The average molecular weight is 348 g/mol. The van der Waals surface area contributed by atoms with Crippen LogP contribution < -0.4 is 0 Å². The third-order valence-electron chi connectivity index (χ3n) is 2.85. The van der Waals surface area contributed by atoms with Crippen LogP contribution in [0.3, 0.4) is 0 Å². The topological polar surface area (TPSA) is 20.2 Å². The molecule has 1 nitrogen and oxygen atoms in total. The van der Waals surface area contributed by atoms with Crippen LogP contribution >= 0.6 is 27.5 Å². The minimum absolute atomic E-state index is 0.136. The largest absolute Gasteiger partial charge is 0.383 e. The fourth-order valence-corrected chi connectivity index (χ4v) is 2.38. The molecule has 0 radical (unpaired) electrons. The summed E-state index contributed by atoms with van der Waals surface area (Å²) < 4.78 is 27.9. The zero-order valence-corrected chi connectivity index (χ0v) is 12.3. The number of aryl methyl sites for hydroxylation is 1. The van der Waals surface area contributed by atoms with Crippen molar-refractivity contribution in [2.75, 3.05) is 0 Å². The first kappa shape index (κ1) is 14.4. The van der Waals surface area contributed by atoms with Crippen molar-refractivity contribution in [1.29, 1.82) is 0 Å². The molecule has 2 aromatic carbocycles. The molecule has 0 amide bonds. The summed E-state index contributed by atoms with van der Waals surface area (Å²) in [5.74, 6) is -1.23. The summed E-state index contributed by atoms with van der Waals surface area (Å²) in [6.07, 6.45) is -1.32. The summed E-state index contributed by atoms with van der Waals surface area (Å²) in [7, 11) is 0. The van der Waals surface area contributed by atoms with Gasteiger partial charge in [-0.15, -0.1) is 0 Å². The lowest BCUT2D eigenvalue weighted by molar-refractivity contribution is 0.214. The summed E-state index contributed by atoms with van der Waals surface area (Å²) in [6, 6.07) is 6.98. The number of benzene rings is 2. The van der Waals surface area contributed by atoms with E-state index in [-0.39, 0.29) is 16.1 Å². The van der Waals surface area contributed by atoms with Crippen molar-refractivity contribution in [3.05, 3.63) is 68.2 Å². The summed E-state index contributed by atoms with van der Waals surface area (Å²) in [6.45, 7) is 1.46. The Labute approximate surface area is 123 Å². The molecular weight excluding hydrogens is 338 g/mol. The molecule has 1 N–H and O–H groups in total. The molecule has 0 saturated heterocycles. The highest BCUT2D eigenvalue weighted by molar-refractivity contribution is 9.10. The number of hydrogen-bond acceptors (Lipinski definition) is 1. The van der Waals surface area contributed by atoms with Gasteiger partial charge in [0.1, 0.15) is 17.7 Å². The second-order valence-corrected chi connectivity index (χ2v) is 5.40. The van der Waals surface area contributed by atoms with Gasteiger partial charge < -0.3 is 5.11 Å². The molecule has 0 saturated carbocycles. The van der Waals surface area contributed by atoms with E-state index < -0.39 is 17.7 Å². The smallest absolute Gasteiger partial charge is 0.129 e. The summed E-state index contributed by atoms with van der Waals surface area (Å²) >= 11 is 9.26. The minimum Gasteiger partial charge on any atom is -0.383 e. The van der Waals surface area contributed by atoms with E-state index in [1.807, 2.05) is 0 Å². The molecule has 5 heteroatoms. The molecule has 2 rings (SSSR count). The molecule has 0 aliphatic rings. The van der Waals surface area contributed by atoms with Gasteiger partial charge in [0.25, 0.3) is 0 Å². The fourth-order valence-electron chi connectivity index (χ4n) is 1.77. The van der Waals surface area contributed by atoms with Crippen molar-refractivity contribution < 1.29 is 13.9 Å². The van der Waals surface area contributed by atoms with Gasteiger partial charge in [0.2, 0.25) is 0 Å². The summed E-state index contributed by atoms with van der Waals surface area (Å²) in [4.78, 5) is 0. The van der Waals surface area contributed by atoms with Crippen LogP contribution in [0.4, 0.5) is 8.78 Å². The first-order valence-corrected chi connectivity index (χ1v) is 6.66. The van der Waals surface area contributed by atoms with Gasteiger partial charge in [0, 0.05) is 15.6 Å². The van der Waals surface area contributed by atoms with Crippen LogP contribution in [0.15, 0.2) is 34.8 Å². The van der Waals surface area contributed by atoms with E-state index in [2.05, 4.69) is 15.9 Å². The Morgan fingerprint density at radius 2 is 1.84 bits per heavy atom. The van der Waals surface area contributed by atoms with Crippen LogP contribution in [0.2, 0.25) is 5.02 Å². The molecule has 0 heterocycles. The van der Waals surface area contributed by atoms with Gasteiger partial charge >= 0.3 is 0 Å². The van der Waals surface area contributed by atoms with Crippen LogP contribution in [-0.4, -0.2) is 5.11 Å². The second kappa shape index (κ2) is 5.57. The Morgan fingerprint density at radius 3 is 2.53 bits per heavy atom. The van der Waals surface area contributed by atoms with Crippen molar-refractivity contribution in [3.63, 3.8) is 0 Å². The molecule has 2 aromatic rings. The van der Waals surface area contributed by atoms with Crippen molar-refractivity contribution in [3.8, 4) is 0 Å². The van der Waals surface area contributed by atoms with Gasteiger partial charge in [-0.3, -0.25) is 0 Å². The van der Waals surface area contributed by atoms with Gasteiger partial charge in [0.05, 0.1) is 5.02 Å². The van der Waals surface area contributed by atoms with Gasteiger partial charge in [-0.2, -0.15) is 0 Å². The lowest BCUT2D eigenvalue weighted by Gasteiger charge is -2.15. The quantitative estimate of drug-likeness (QED) is 0.829. The number of rotatable bonds is 2. The molecule has 0 fully saturated rings. The minimum atomic E-state index is -1.32. The molecule has 0 aliphatic heterocycles. The molecule has 0 aromatic heterocycles. The van der Waals surface area contributed by atoms with E-state index in [1.54, 1.807) is 18.2 Å². The number of halogens is 4. The van der Waals surface area contributed by atoms with Crippen LogP contribution in [0.1, 0.15) is 22.8 Å². The predicted octanol–water partition coefficient (Wildman–Crippen LogP) is 4.77. The SMILES string of the molecule is Cc1cc(F)c(C(O)c2cccc(Br)c2Cl)cc1F. The van der Waals surface area contributed by atoms with Crippen molar-refractivity contribution in [2.24, 2.45) is 0 Å². The maximum Gasteiger partial charge on any atom is 0.129 e. The second-order valence-electron chi connectivity index (χ2n) is 4.17. The first-order chi connectivity index (χ1) is 8.91. The van der Waals surface area contributed by atoms with Crippen LogP contribution in [0.25, 0.3) is 0 Å². The highest BCUT2D eigenvalue weighted by Crippen LogP contribution is 2.34. The van der Waals surface area contributed by atoms with Gasteiger partial charge in [-0.1, -0.05) is 23.7 Å². The molecule has 19 heavy (non-hydrogen) atoms. The van der Waals surface area contributed by atoms with E-state index in [0.717, 1.165) is 12.1 Å². The van der Waals surface area contributed by atoms with Crippen LogP contribution in [0.5, 0.6) is 0 Å². The third kappa shape index (κ3) is 2.81. The van der Waals surface area contributed by atoms with Crippen LogP contribution in [0, 0.1) is 18.6 Å². The lowest BCUT2D eigenvalue weighted by Crippen LogP contribution is -2.05. The predicted molar refractivity (Wildman–Crippen MR) is 74.3 cm³/mol. The lowest BCUT2D eigenvalue weighted by atomic mass is 9.99. The zero-order chi connectivity index (χ0) is 14.2. The van der Waals surface area contributed by atoms with E-state index in [0.29, 0.717) is 10.0 Å². The highest BCUT2D eigenvalue weighted by atomic mass is 79.9. The van der Waals surface area contributed by atoms with E-state index >= 15 is 0 Å². The van der Waals surface area contributed by atoms with Gasteiger partial charge in [-0.25, -0.2) is 8.78 Å². The fraction of sp³-hybridized carbons (Fsp3) is 0.143. The zero-order valence-electron chi connectivity index (χ0n) is 9.92. The maximum absolute atomic E-state index is 13.8. The normalized spacial score (nSPS) is 12.5. The standard InChI is InChI=1S/C14H10BrClF2O/c1-7-5-12(18)9(6-11(7)17)14(19)8-3-2-4-10(15)13(8)16/h2-6,14,19H,1H3. The Hall–Kier alpha value is -0.970. The van der Waals surface area contributed by atoms with Crippen LogP contribution in [-0.2, 0) is 0 Å². The molecular formula is C14H10BrClF2O. The van der Waals surface area contributed by atoms with Gasteiger partial charge in [0.15, 0.2) is 0 Å². The summed E-state index contributed by atoms with van der Waals surface area (Å²) in [5, 5.41) is 10.5. The molecule has 0 spiro atoms. The summed E-state index contributed by atoms with van der Waals surface area (Å²) in [5.41, 5.74) is 0.370. The van der Waals surface area contributed by atoms with Crippen molar-refractivity contribution >= 4 is 27.5 Å². The molecule has 1 atom stereocenters. The molecule has 0 bridgehead atoms. The highest BCUT2D eigenvalue weighted by Gasteiger charge is 2.20. The molecule has 1 unspecified atom stereocenters. The monoisotopic (exact) mass is 346 g/mol. The number of aliphatic hydroxyl groups is 1. The van der Waals surface area contributed by atoms with Gasteiger partial charge in [-0.05, 0) is 46.6 Å².